The van der Waals surface area contributed by atoms with E-state index in [1.165, 1.54) is 32.1 Å². The van der Waals surface area contributed by atoms with Crippen molar-refractivity contribution in [2.24, 2.45) is 35.0 Å². The van der Waals surface area contributed by atoms with Crippen LogP contribution < -0.4 is 0 Å². The van der Waals surface area contributed by atoms with Gasteiger partial charge in [-0.15, -0.1) is 0 Å². The van der Waals surface area contributed by atoms with Crippen LogP contribution in [-0.4, -0.2) is 5.78 Å². The highest BCUT2D eigenvalue weighted by molar-refractivity contribution is 5.87. The summed E-state index contributed by atoms with van der Waals surface area (Å²) in [5, 5.41) is 0. The Labute approximate surface area is 105 Å². The molecule has 1 heteroatoms. The molecular formula is C16H26O. The maximum Gasteiger partial charge on any atom is 0.139 e. The summed E-state index contributed by atoms with van der Waals surface area (Å²) >= 11 is 0. The van der Waals surface area contributed by atoms with Gasteiger partial charge in [0.25, 0.3) is 0 Å². The first-order chi connectivity index (χ1) is 8.04. The highest BCUT2D eigenvalue weighted by Crippen LogP contribution is 2.59. The smallest absolute Gasteiger partial charge is 0.139 e. The molecule has 96 valence electrons. The molecule has 3 fully saturated rings. The summed E-state index contributed by atoms with van der Waals surface area (Å²) in [7, 11) is 0. The standard InChI is InChI=1S/C16H26O/c1-10-4-5-13-12(11(10)2)8-9-16(3)14(13)6-7-15(16)17/h10-14H,4-9H2,1-3H3/t10-,11+,12-,13-,14+,16+/m1/s1. The first-order valence-electron chi connectivity index (χ1n) is 7.57. The SMILES string of the molecule is C[C@@H]1[C@H]2CC[C@]3(C)C(=O)CC[C@H]3[C@@H]2CC[C@H]1C. The second-order valence-corrected chi connectivity index (χ2v) is 7.27. The molecule has 0 aromatic heterocycles. The Morgan fingerprint density at radius 2 is 1.82 bits per heavy atom. The van der Waals surface area contributed by atoms with E-state index in [9.17, 15) is 4.79 Å². The van der Waals surface area contributed by atoms with E-state index in [1.807, 2.05) is 0 Å². The molecule has 1 nitrogen and oxygen atoms in total. The van der Waals surface area contributed by atoms with E-state index < -0.39 is 0 Å². The molecule has 0 aromatic carbocycles. The van der Waals surface area contributed by atoms with Crippen molar-refractivity contribution in [2.45, 2.75) is 59.3 Å². The fourth-order valence-electron chi connectivity index (χ4n) is 5.30. The number of Topliss-reactive ketones (excluding diaryl/α,β-unsaturated/α-hetero) is 1. The average Bonchev–Trinajstić information content (AvgIpc) is 2.61. The fraction of sp³-hybridized carbons (Fsp3) is 0.938. The Kier molecular flexibility index (Phi) is 2.65. The molecular weight excluding hydrogens is 208 g/mol. The minimum atomic E-state index is 0.0709. The molecule has 0 spiro atoms. The molecule has 3 saturated carbocycles. The van der Waals surface area contributed by atoms with Crippen molar-refractivity contribution in [1.82, 2.24) is 0 Å². The van der Waals surface area contributed by atoms with E-state index in [4.69, 9.17) is 0 Å². The second kappa shape index (κ2) is 3.83. The second-order valence-electron chi connectivity index (χ2n) is 7.27. The van der Waals surface area contributed by atoms with Gasteiger partial charge < -0.3 is 0 Å². The van der Waals surface area contributed by atoms with Crippen LogP contribution in [0.15, 0.2) is 0 Å². The molecule has 0 heterocycles. The van der Waals surface area contributed by atoms with Gasteiger partial charge in [-0.2, -0.15) is 0 Å². The number of rotatable bonds is 0. The molecule has 0 amide bonds. The Morgan fingerprint density at radius 1 is 1.06 bits per heavy atom. The number of ketones is 1. The first kappa shape index (κ1) is 11.7. The van der Waals surface area contributed by atoms with Crippen molar-refractivity contribution in [1.29, 1.82) is 0 Å². The van der Waals surface area contributed by atoms with Gasteiger partial charge in [-0.3, -0.25) is 4.79 Å². The molecule has 3 rings (SSSR count). The molecule has 17 heavy (non-hydrogen) atoms. The summed E-state index contributed by atoms with van der Waals surface area (Å²) in [6.07, 6.45) is 7.34. The molecule has 3 aliphatic rings. The lowest BCUT2D eigenvalue weighted by Gasteiger charge is -2.51. The maximum absolute atomic E-state index is 12.2. The predicted octanol–water partition coefficient (Wildman–Crippen LogP) is 4.06. The lowest BCUT2D eigenvalue weighted by molar-refractivity contribution is -0.131. The van der Waals surface area contributed by atoms with Gasteiger partial charge in [0.05, 0.1) is 0 Å². The molecule has 3 aliphatic carbocycles. The van der Waals surface area contributed by atoms with Crippen LogP contribution in [0.2, 0.25) is 0 Å². The molecule has 0 bridgehead atoms. The monoisotopic (exact) mass is 234 g/mol. The summed E-state index contributed by atoms with van der Waals surface area (Å²) in [4.78, 5) is 12.2. The van der Waals surface area contributed by atoms with Crippen LogP contribution in [0.3, 0.4) is 0 Å². The number of carbonyl (C=O) groups is 1. The summed E-state index contributed by atoms with van der Waals surface area (Å²) < 4.78 is 0. The third kappa shape index (κ3) is 1.54. The molecule has 0 aliphatic heterocycles. The number of hydrogen-bond acceptors (Lipinski definition) is 1. The van der Waals surface area contributed by atoms with Crippen molar-refractivity contribution in [3.63, 3.8) is 0 Å². The minimum Gasteiger partial charge on any atom is -0.299 e. The highest BCUT2D eigenvalue weighted by Gasteiger charge is 2.55. The van der Waals surface area contributed by atoms with Crippen molar-refractivity contribution in [2.75, 3.05) is 0 Å². The van der Waals surface area contributed by atoms with Gasteiger partial charge in [0.2, 0.25) is 0 Å². The molecule has 0 aromatic rings. The highest BCUT2D eigenvalue weighted by atomic mass is 16.1. The topological polar surface area (TPSA) is 17.1 Å². The fourth-order valence-corrected chi connectivity index (χ4v) is 5.30. The van der Waals surface area contributed by atoms with Gasteiger partial charge >= 0.3 is 0 Å². The van der Waals surface area contributed by atoms with Crippen LogP contribution in [0.5, 0.6) is 0 Å². The summed E-state index contributed by atoms with van der Waals surface area (Å²) in [6, 6.07) is 0. The Hall–Kier alpha value is -0.330. The zero-order valence-corrected chi connectivity index (χ0v) is 11.5. The van der Waals surface area contributed by atoms with Crippen LogP contribution in [0, 0.1) is 35.0 Å². The normalized spacial score (nSPS) is 54.3. The Bertz CT molecular complexity index is 334. The predicted molar refractivity (Wildman–Crippen MR) is 69.6 cm³/mol. The summed E-state index contributed by atoms with van der Waals surface area (Å²) in [5.74, 6) is 4.87. The van der Waals surface area contributed by atoms with Crippen molar-refractivity contribution in [3.05, 3.63) is 0 Å². The van der Waals surface area contributed by atoms with Gasteiger partial charge in [0.15, 0.2) is 0 Å². The summed E-state index contributed by atoms with van der Waals surface area (Å²) in [6.45, 7) is 7.15. The van der Waals surface area contributed by atoms with E-state index >= 15 is 0 Å². The van der Waals surface area contributed by atoms with Crippen LogP contribution in [-0.2, 0) is 4.79 Å². The zero-order chi connectivity index (χ0) is 12.2. The Balaban J connectivity index is 1.87. The minimum absolute atomic E-state index is 0.0709. The third-order valence-electron chi connectivity index (χ3n) is 6.73. The number of fused-ring (bicyclic) bond motifs is 3. The molecule has 0 unspecified atom stereocenters. The van der Waals surface area contributed by atoms with Gasteiger partial charge in [-0.25, -0.2) is 0 Å². The van der Waals surface area contributed by atoms with E-state index in [2.05, 4.69) is 20.8 Å². The van der Waals surface area contributed by atoms with Gasteiger partial charge in [-0.1, -0.05) is 27.2 Å². The van der Waals surface area contributed by atoms with Crippen molar-refractivity contribution in [3.8, 4) is 0 Å². The quantitative estimate of drug-likeness (QED) is 0.617. The van der Waals surface area contributed by atoms with E-state index in [-0.39, 0.29) is 5.41 Å². The van der Waals surface area contributed by atoms with Crippen molar-refractivity contribution < 1.29 is 4.79 Å². The first-order valence-corrected chi connectivity index (χ1v) is 7.57. The zero-order valence-electron chi connectivity index (χ0n) is 11.5. The Morgan fingerprint density at radius 3 is 2.59 bits per heavy atom. The lowest BCUT2D eigenvalue weighted by atomic mass is 9.53. The molecule has 6 atom stereocenters. The van der Waals surface area contributed by atoms with Gasteiger partial charge in [-0.05, 0) is 55.3 Å². The van der Waals surface area contributed by atoms with E-state index in [0.717, 1.165) is 36.0 Å². The van der Waals surface area contributed by atoms with Crippen molar-refractivity contribution >= 4 is 5.78 Å². The third-order valence-corrected chi connectivity index (χ3v) is 6.73. The van der Waals surface area contributed by atoms with Gasteiger partial charge in [0, 0.05) is 11.8 Å². The van der Waals surface area contributed by atoms with Crippen LogP contribution >= 0.6 is 0 Å². The van der Waals surface area contributed by atoms with E-state index in [0.29, 0.717) is 5.78 Å². The van der Waals surface area contributed by atoms with Crippen LogP contribution in [0.25, 0.3) is 0 Å². The maximum atomic E-state index is 12.2. The molecule has 0 N–H and O–H groups in total. The number of carbonyl (C=O) groups excluding carboxylic acids is 1. The van der Waals surface area contributed by atoms with Crippen LogP contribution in [0.4, 0.5) is 0 Å². The number of hydrogen-bond donors (Lipinski definition) is 0. The average molecular weight is 234 g/mol. The lowest BCUT2D eigenvalue weighted by Crippen LogP contribution is -2.46. The van der Waals surface area contributed by atoms with Gasteiger partial charge in [0.1, 0.15) is 5.78 Å². The largest absolute Gasteiger partial charge is 0.299 e. The summed E-state index contributed by atoms with van der Waals surface area (Å²) in [5.41, 5.74) is 0.0709. The molecule has 0 saturated heterocycles. The van der Waals surface area contributed by atoms with E-state index in [1.54, 1.807) is 0 Å². The van der Waals surface area contributed by atoms with Crippen LogP contribution in [0.1, 0.15) is 59.3 Å². The molecule has 0 radical (unpaired) electrons.